The number of halogens is 1. The summed E-state index contributed by atoms with van der Waals surface area (Å²) in [5.74, 6) is 1.12. The van der Waals surface area contributed by atoms with Crippen LogP contribution in [-0.2, 0) is 0 Å². The standard InChI is InChI=1S/C7H9BrN2/c1-5-9-7(8)4-10(5)6-2-3-6/h4,6H,2-3H2,1H3. The molecule has 3 heteroatoms. The van der Waals surface area contributed by atoms with Crippen molar-refractivity contribution in [2.75, 3.05) is 0 Å². The maximum atomic E-state index is 4.25. The Morgan fingerprint density at radius 2 is 2.40 bits per heavy atom. The molecule has 2 nitrogen and oxygen atoms in total. The van der Waals surface area contributed by atoms with Gasteiger partial charge >= 0.3 is 0 Å². The van der Waals surface area contributed by atoms with Crippen LogP contribution in [0.15, 0.2) is 10.8 Å². The average molecular weight is 201 g/mol. The quantitative estimate of drug-likeness (QED) is 0.681. The summed E-state index contributed by atoms with van der Waals surface area (Å²) < 4.78 is 3.20. The monoisotopic (exact) mass is 200 g/mol. The fraction of sp³-hybridized carbons (Fsp3) is 0.571. The van der Waals surface area contributed by atoms with Crippen LogP contribution in [0, 0.1) is 6.92 Å². The van der Waals surface area contributed by atoms with Gasteiger partial charge in [-0.2, -0.15) is 0 Å². The van der Waals surface area contributed by atoms with Crippen LogP contribution in [-0.4, -0.2) is 9.55 Å². The van der Waals surface area contributed by atoms with Gasteiger partial charge in [-0.3, -0.25) is 0 Å². The second-order valence-electron chi connectivity index (χ2n) is 2.75. The number of hydrogen-bond donors (Lipinski definition) is 0. The number of rotatable bonds is 1. The molecule has 0 radical (unpaired) electrons. The third-order valence-corrected chi connectivity index (χ3v) is 2.21. The molecular formula is C7H9BrN2. The van der Waals surface area contributed by atoms with Gasteiger partial charge in [-0.05, 0) is 35.7 Å². The number of hydrogen-bond acceptors (Lipinski definition) is 1. The third-order valence-electron chi connectivity index (χ3n) is 1.83. The molecule has 0 amide bonds. The first-order valence-corrected chi connectivity index (χ1v) is 4.27. The Hall–Kier alpha value is -0.310. The zero-order valence-electron chi connectivity index (χ0n) is 5.84. The fourth-order valence-electron chi connectivity index (χ4n) is 1.17. The second kappa shape index (κ2) is 2.09. The highest BCUT2D eigenvalue weighted by molar-refractivity contribution is 9.10. The Kier molecular flexibility index (Phi) is 1.34. The van der Waals surface area contributed by atoms with E-state index < -0.39 is 0 Å². The van der Waals surface area contributed by atoms with Crippen LogP contribution in [0.4, 0.5) is 0 Å². The van der Waals surface area contributed by atoms with Gasteiger partial charge in [-0.1, -0.05) is 0 Å². The molecule has 1 aromatic heterocycles. The lowest BCUT2D eigenvalue weighted by Crippen LogP contribution is -1.93. The molecule has 0 atom stereocenters. The Morgan fingerprint density at radius 3 is 2.80 bits per heavy atom. The molecule has 1 aliphatic rings. The smallest absolute Gasteiger partial charge is 0.124 e. The van der Waals surface area contributed by atoms with Crippen molar-refractivity contribution < 1.29 is 0 Å². The van der Waals surface area contributed by atoms with E-state index in [9.17, 15) is 0 Å². The van der Waals surface area contributed by atoms with Crippen LogP contribution in [0.2, 0.25) is 0 Å². The summed E-state index contributed by atoms with van der Waals surface area (Å²) in [5.41, 5.74) is 0. The van der Waals surface area contributed by atoms with Crippen molar-refractivity contribution in [2.45, 2.75) is 25.8 Å². The summed E-state index contributed by atoms with van der Waals surface area (Å²) in [5, 5.41) is 0. The molecule has 1 aromatic rings. The van der Waals surface area contributed by atoms with Gasteiger partial charge in [0.2, 0.25) is 0 Å². The summed E-state index contributed by atoms with van der Waals surface area (Å²) in [6.07, 6.45) is 4.71. The number of aryl methyl sites for hydroxylation is 1. The van der Waals surface area contributed by atoms with Crippen LogP contribution < -0.4 is 0 Å². The molecule has 1 heterocycles. The van der Waals surface area contributed by atoms with Crippen LogP contribution in [0.1, 0.15) is 24.7 Å². The van der Waals surface area contributed by atoms with Crippen molar-refractivity contribution in [3.8, 4) is 0 Å². The highest BCUT2D eigenvalue weighted by Crippen LogP contribution is 2.36. The van der Waals surface area contributed by atoms with Crippen molar-refractivity contribution >= 4 is 15.9 Å². The molecule has 0 aliphatic heterocycles. The summed E-state index contributed by atoms with van der Waals surface area (Å²) in [4.78, 5) is 4.25. The van der Waals surface area contributed by atoms with Crippen molar-refractivity contribution in [3.05, 3.63) is 16.6 Å². The van der Waals surface area contributed by atoms with Crippen LogP contribution in [0.5, 0.6) is 0 Å². The fourth-order valence-corrected chi connectivity index (χ4v) is 1.65. The minimum atomic E-state index is 0.749. The summed E-state index contributed by atoms with van der Waals surface area (Å²) >= 11 is 3.35. The Balaban J connectivity index is 2.38. The molecule has 1 fully saturated rings. The molecule has 0 unspecified atom stereocenters. The minimum absolute atomic E-state index is 0.749. The van der Waals surface area contributed by atoms with Gasteiger partial charge in [0.1, 0.15) is 10.4 Å². The topological polar surface area (TPSA) is 17.8 Å². The number of imidazole rings is 1. The average Bonchev–Trinajstić information content (AvgIpc) is 2.61. The SMILES string of the molecule is Cc1nc(Br)cn1C1CC1. The zero-order chi connectivity index (χ0) is 7.14. The zero-order valence-corrected chi connectivity index (χ0v) is 7.43. The molecule has 0 N–H and O–H groups in total. The molecule has 54 valence electrons. The molecule has 0 bridgehead atoms. The molecule has 2 rings (SSSR count). The van der Waals surface area contributed by atoms with E-state index in [0.717, 1.165) is 16.5 Å². The molecule has 1 aliphatic carbocycles. The second-order valence-corrected chi connectivity index (χ2v) is 3.56. The minimum Gasteiger partial charge on any atom is -0.331 e. The molecule has 1 saturated carbocycles. The highest BCUT2D eigenvalue weighted by Gasteiger charge is 2.24. The van der Waals surface area contributed by atoms with Crippen molar-refractivity contribution in [3.63, 3.8) is 0 Å². The summed E-state index contributed by atoms with van der Waals surface area (Å²) in [7, 11) is 0. The predicted molar refractivity (Wildman–Crippen MR) is 42.9 cm³/mol. The van der Waals surface area contributed by atoms with E-state index in [2.05, 4.69) is 31.7 Å². The predicted octanol–water partition coefficient (Wildman–Crippen LogP) is 2.29. The molecule has 0 saturated heterocycles. The van der Waals surface area contributed by atoms with E-state index in [0.29, 0.717) is 0 Å². The van der Waals surface area contributed by atoms with E-state index in [1.165, 1.54) is 12.8 Å². The normalized spacial score (nSPS) is 17.8. The molecule has 0 spiro atoms. The van der Waals surface area contributed by atoms with Gasteiger partial charge in [0.05, 0.1) is 0 Å². The molecular weight excluding hydrogens is 192 g/mol. The van der Waals surface area contributed by atoms with Gasteiger partial charge in [-0.25, -0.2) is 4.98 Å². The number of aromatic nitrogens is 2. The van der Waals surface area contributed by atoms with E-state index in [-0.39, 0.29) is 0 Å². The lowest BCUT2D eigenvalue weighted by atomic mass is 10.6. The maximum absolute atomic E-state index is 4.25. The molecule has 0 aromatic carbocycles. The first-order valence-electron chi connectivity index (χ1n) is 3.48. The van der Waals surface area contributed by atoms with Gasteiger partial charge in [0.15, 0.2) is 0 Å². The first kappa shape index (κ1) is 6.40. The van der Waals surface area contributed by atoms with Crippen LogP contribution >= 0.6 is 15.9 Å². The Labute approximate surface area is 68.4 Å². The Morgan fingerprint density at radius 1 is 1.70 bits per heavy atom. The Bertz CT molecular complexity index is 250. The van der Waals surface area contributed by atoms with Gasteiger partial charge in [-0.15, -0.1) is 0 Å². The van der Waals surface area contributed by atoms with Crippen LogP contribution in [0.3, 0.4) is 0 Å². The summed E-state index contributed by atoms with van der Waals surface area (Å²) in [6, 6.07) is 0.749. The van der Waals surface area contributed by atoms with E-state index >= 15 is 0 Å². The lowest BCUT2D eigenvalue weighted by Gasteiger charge is -1.98. The first-order chi connectivity index (χ1) is 4.77. The maximum Gasteiger partial charge on any atom is 0.124 e. The largest absolute Gasteiger partial charge is 0.331 e. The van der Waals surface area contributed by atoms with Crippen molar-refractivity contribution in [1.29, 1.82) is 0 Å². The lowest BCUT2D eigenvalue weighted by molar-refractivity contribution is 0.711. The third kappa shape index (κ3) is 0.985. The molecule has 10 heavy (non-hydrogen) atoms. The number of nitrogens with zero attached hydrogens (tertiary/aromatic N) is 2. The van der Waals surface area contributed by atoms with E-state index in [4.69, 9.17) is 0 Å². The highest BCUT2D eigenvalue weighted by atomic mass is 79.9. The van der Waals surface area contributed by atoms with E-state index in [1.54, 1.807) is 0 Å². The summed E-state index contributed by atoms with van der Waals surface area (Å²) in [6.45, 7) is 2.04. The van der Waals surface area contributed by atoms with Crippen LogP contribution in [0.25, 0.3) is 0 Å². The van der Waals surface area contributed by atoms with Crippen molar-refractivity contribution in [2.24, 2.45) is 0 Å². The van der Waals surface area contributed by atoms with Gasteiger partial charge in [0, 0.05) is 12.2 Å². The van der Waals surface area contributed by atoms with Gasteiger partial charge in [0.25, 0.3) is 0 Å². The van der Waals surface area contributed by atoms with E-state index in [1.807, 2.05) is 6.92 Å². The van der Waals surface area contributed by atoms with Crippen molar-refractivity contribution in [1.82, 2.24) is 9.55 Å². The van der Waals surface area contributed by atoms with Gasteiger partial charge < -0.3 is 4.57 Å².